The van der Waals surface area contributed by atoms with Gasteiger partial charge >= 0.3 is 6.18 Å². The fourth-order valence-corrected chi connectivity index (χ4v) is 1.50. The summed E-state index contributed by atoms with van der Waals surface area (Å²) in [7, 11) is 1.27. The summed E-state index contributed by atoms with van der Waals surface area (Å²) >= 11 is 2.84. The minimum atomic E-state index is -4.57. The van der Waals surface area contributed by atoms with E-state index in [9.17, 15) is 18.0 Å². The second kappa shape index (κ2) is 4.86. The summed E-state index contributed by atoms with van der Waals surface area (Å²) in [4.78, 5) is 11.3. The molecule has 1 rings (SSSR count). The van der Waals surface area contributed by atoms with Crippen molar-refractivity contribution in [2.75, 3.05) is 12.4 Å². The Hall–Kier alpha value is -1.04. The van der Waals surface area contributed by atoms with Crippen molar-refractivity contribution < 1.29 is 22.7 Å². The maximum atomic E-state index is 12.6. The lowest BCUT2D eigenvalue weighted by atomic mass is 10.0. The van der Waals surface area contributed by atoms with Gasteiger partial charge in [-0.15, -0.1) is 0 Å². The van der Waals surface area contributed by atoms with Crippen molar-refractivity contribution in [3.63, 3.8) is 0 Å². The molecule has 16 heavy (non-hydrogen) atoms. The maximum Gasteiger partial charge on any atom is 0.417 e. The van der Waals surface area contributed by atoms with Crippen LogP contribution in [0.2, 0.25) is 0 Å². The molecule has 0 heterocycles. The molecule has 0 amide bonds. The standard InChI is InChI=1S/C10H8BrF3O2/c1-16-6-2-3-7(9(15)5-11)8(4-6)10(12,13)14/h2-4H,5H2,1H3. The van der Waals surface area contributed by atoms with Crippen LogP contribution >= 0.6 is 15.9 Å². The monoisotopic (exact) mass is 296 g/mol. The molecule has 6 heteroatoms. The molecule has 2 nitrogen and oxygen atoms in total. The second-order valence-corrected chi connectivity index (χ2v) is 3.53. The number of ketones is 1. The summed E-state index contributed by atoms with van der Waals surface area (Å²) in [5, 5.41) is -0.150. The van der Waals surface area contributed by atoms with Crippen LogP contribution < -0.4 is 4.74 Å². The molecule has 0 atom stereocenters. The predicted octanol–water partition coefficient (Wildman–Crippen LogP) is 3.29. The van der Waals surface area contributed by atoms with E-state index in [-0.39, 0.29) is 16.6 Å². The van der Waals surface area contributed by atoms with E-state index in [1.165, 1.54) is 13.2 Å². The lowest BCUT2D eigenvalue weighted by molar-refractivity contribution is -0.138. The molecule has 0 aromatic heterocycles. The van der Waals surface area contributed by atoms with E-state index in [4.69, 9.17) is 4.74 Å². The molecule has 0 unspecified atom stereocenters. The highest BCUT2D eigenvalue weighted by atomic mass is 79.9. The number of carbonyl (C=O) groups excluding carboxylic acids is 1. The minimum absolute atomic E-state index is 0.0680. The Morgan fingerprint density at radius 3 is 2.50 bits per heavy atom. The topological polar surface area (TPSA) is 26.3 Å². The van der Waals surface area contributed by atoms with Gasteiger partial charge in [0.05, 0.1) is 18.0 Å². The first-order chi connectivity index (χ1) is 7.40. The van der Waals surface area contributed by atoms with Crippen molar-refractivity contribution in [1.82, 2.24) is 0 Å². The van der Waals surface area contributed by atoms with Crippen molar-refractivity contribution in [3.05, 3.63) is 29.3 Å². The van der Waals surface area contributed by atoms with Crippen LogP contribution in [0.5, 0.6) is 5.75 Å². The van der Waals surface area contributed by atoms with Crippen LogP contribution in [-0.4, -0.2) is 18.2 Å². The number of methoxy groups -OCH3 is 1. The van der Waals surface area contributed by atoms with Gasteiger partial charge in [0.25, 0.3) is 0 Å². The molecule has 0 saturated heterocycles. The van der Waals surface area contributed by atoms with Crippen molar-refractivity contribution >= 4 is 21.7 Å². The molecule has 0 spiro atoms. The molecular formula is C10H8BrF3O2. The summed E-state index contributed by atoms with van der Waals surface area (Å²) < 4.78 is 42.6. The number of benzene rings is 1. The van der Waals surface area contributed by atoms with E-state index in [1.54, 1.807) is 0 Å². The Balaban J connectivity index is 3.33. The molecule has 0 radical (unpaired) electrons. The van der Waals surface area contributed by atoms with Crippen LogP contribution in [0.15, 0.2) is 18.2 Å². The zero-order chi connectivity index (χ0) is 12.3. The molecule has 1 aromatic carbocycles. The largest absolute Gasteiger partial charge is 0.497 e. The first kappa shape index (κ1) is 13.0. The summed E-state index contributed by atoms with van der Waals surface area (Å²) in [6.07, 6.45) is -4.57. The van der Waals surface area contributed by atoms with Crippen LogP contribution in [0.25, 0.3) is 0 Å². The highest BCUT2D eigenvalue weighted by Crippen LogP contribution is 2.34. The lowest BCUT2D eigenvalue weighted by Crippen LogP contribution is -2.14. The van der Waals surface area contributed by atoms with Crippen LogP contribution in [0.4, 0.5) is 13.2 Å². The third-order valence-corrected chi connectivity index (χ3v) is 2.46. The molecule has 0 aliphatic rings. The van der Waals surface area contributed by atoms with Gasteiger partial charge in [-0.2, -0.15) is 13.2 Å². The molecule has 88 valence electrons. The molecule has 0 aliphatic heterocycles. The molecular weight excluding hydrogens is 289 g/mol. The second-order valence-electron chi connectivity index (χ2n) is 2.97. The number of rotatable bonds is 3. The highest BCUT2D eigenvalue weighted by Gasteiger charge is 2.35. The third kappa shape index (κ3) is 2.75. The quantitative estimate of drug-likeness (QED) is 0.632. The van der Waals surface area contributed by atoms with Crippen molar-refractivity contribution in [3.8, 4) is 5.75 Å². The van der Waals surface area contributed by atoms with E-state index < -0.39 is 17.5 Å². The number of alkyl halides is 4. The fraction of sp³-hybridized carbons (Fsp3) is 0.300. The Morgan fingerprint density at radius 1 is 1.44 bits per heavy atom. The van der Waals surface area contributed by atoms with Gasteiger partial charge in [-0.05, 0) is 18.2 Å². The molecule has 0 bridgehead atoms. The van der Waals surface area contributed by atoms with E-state index in [1.807, 2.05) is 0 Å². The van der Waals surface area contributed by atoms with Crippen molar-refractivity contribution in [2.45, 2.75) is 6.18 Å². The molecule has 1 aromatic rings. The number of carbonyl (C=O) groups is 1. The molecule has 0 aliphatic carbocycles. The van der Waals surface area contributed by atoms with Gasteiger partial charge in [0, 0.05) is 5.56 Å². The molecule has 0 N–H and O–H groups in total. The highest BCUT2D eigenvalue weighted by molar-refractivity contribution is 9.09. The third-order valence-electron chi connectivity index (χ3n) is 1.95. The van der Waals surface area contributed by atoms with Crippen LogP contribution in [0.3, 0.4) is 0 Å². The number of halogens is 4. The van der Waals surface area contributed by atoms with E-state index in [0.29, 0.717) is 0 Å². The van der Waals surface area contributed by atoms with Gasteiger partial charge in [-0.1, -0.05) is 15.9 Å². The van der Waals surface area contributed by atoms with E-state index in [0.717, 1.165) is 12.1 Å². The molecule has 0 fully saturated rings. The number of hydrogen-bond acceptors (Lipinski definition) is 2. The maximum absolute atomic E-state index is 12.6. The fourth-order valence-electron chi connectivity index (χ4n) is 1.20. The zero-order valence-electron chi connectivity index (χ0n) is 8.27. The van der Waals surface area contributed by atoms with Crippen molar-refractivity contribution in [2.24, 2.45) is 0 Å². The van der Waals surface area contributed by atoms with Gasteiger partial charge in [0.2, 0.25) is 0 Å². The SMILES string of the molecule is COc1ccc(C(=O)CBr)c(C(F)(F)F)c1. The Bertz CT molecular complexity index is 402. The van der Waals surface area contributed by atoms with Crippen LogP contribution in [0.1, 0.15) is 15.9 Å². The number of hydrogen-bond donors (Lipinski definition) is 0. The van der Waals surface area contributed by atoms with Gasteiger partial charge < -0.3 is 4.74 Å². The first-order valence-electron chi connectivity index (χ1n) is 4.24. The average Bonchev–Trinajstić information content (AvgIpc) is 2.26. The van der Waals surface area contributed by atoms with E-state index in [2.05, 4.69) is 15.9 Å². The Kier molecular flexibility index (Phi) is 3.96. The van der Waals surface area contributed by atoms with Crippen LogP contribution in [0, 0.1) is 0 Å². The predicted molar refractivity (Wildman–Crippen MR) is 56.1 cm³/mol. The average molecular weight is 297 g/mol. The Morgan fingerprint density at radius 2 is 2.06 bits per heavy atom. The summed E-state index contributed by atoms with van der Waals surface area (Å²) in [6.45, 7) is 0. The van der Waals surface area contributed by atoms with Crippen LogP contribution in [-0.2, 0) is 6.18 Å². The van der Waals surface area contributed by atoms with Crippen molar-refractivity contribution in [1.29, 1.82) is 0 Å². The first-order valence-corrected chi connectivity index (χ1v) is 5.36. The van der Waals surface area contributed by atoms with Gasteiger partial charge in [0.1, 0.15) is 5.75 Å². The normalized spacial score (nSPS) is 11.3. The van der Waals surface area contributed by atoms with Gasteiger partial charge in [-0.25, -0.2) is 0 Å². The zero-order valence-corrected chi connectivity index (χ0v) is 9.85. The summed E-state index contributed by atoms with van der Waals surface area (Å²) in [6, 6.07) is 3.26. The summed E-state index contributed by atoms with van der Waals surface area (Å²) in [5.74, 6) is -0.548. The minimum Gasteiger partial charge on any atom is -0.497 e. The molecule has 0 saturated carbocycles. The van der Waals surface area contributed by atoms with Gasteiger partial charge in [-0.3, -0.25) is 4.79 Å². The Labute approximate surface area is 98.5 Å². The number of ether oxygens (including phenoxy) is 1. The van der Waals surface area contributed by atoms with E-state index >= 15 is 0 Å². The number of Topliss-reactive ketones (excluding diaryl/α,β-unsaturated/α-hetero) is 1. The lowest BCUT2D eigenvalue weighted by Gasteiger charge is -2.12. The smallest absolute Gasteiger partial charge is 0.417 e. The summed E-state index contributed by atoms with van der Waals surface area (Å²) in [5.41, 5.74) is -1.33. The van der Waals surface area contributed by atoms with Gasteiger partial charge in [0.15, 0.2) is 5.78 Å².